The lowest BCUT2D eigenvalue weighted by atomic mass is 10.1. The molecule has 0 saturated carbocycles. The molecule has 3 N–H and O–H groups in total. The molecule has 0 unspecified atom stereocenters. The topological polar surface area (TPSA) is 73.5 Å². The number of hydrogen-bond donors (Lipinski definition) is 3. The normalized spacial score (nSPS) is 13.2. The van der Waals surface area contributed by atoms with Crippen molar-refractivity contribution in [3.05, 3.63) is 48.0 Å². The summed E-state index contributed by atoms with van der Waals surface area (Å²) >= 11 is 1.65. The van der Waals surface area contributed by atoms with Gasteiger partial charge in [0.2, 0.25) is 0 Å². The van der Waals surface area contributed by atoms with Crippen LogP contribution in [-0.4, -0.2) is 37.8 Å². The summed E-state index contributed by atoms with van der Waals surface area (Å²) < 4.78 is 0. The SMILES string of the molecule is CCCNC(=O)c1cc(NC(=O)Nc2ccc(SC)cc2)ccc1N1CCCC1. The second-order valence-corrected chi connectivity index (χ2v) is 7.87. The van der Waals surface area contributed by atoms with Crippen molar-refractivity contribution < 1.29 is 9.59 Å². The quantitative estimate of drug-likeness (QED) is 0.572. The number of hydrogen-bond acceptors (Lipinski definition) is 4. The molecule has 2 aromatic carbocycles. The summed E-state index contributed by atoms with van der Waals surface area (Å²) in [4.78, 5) is 28.5. The maximum absolute atomic E-state index is 12.7. The molecule has 6 nitrogen and oxygen atoms in total. The van der Waals surface area contributed by atoms with E-state index in [1.165, 1.54) is 0 Å². The highest BCUT2D eigenvalue weighted by molar-refractivity contribution is 7.98. The lowest BCUT2D eigenvalue weighted by Gasteiger charge is -2.22. The largest absolute Gasteiger partial charge is 0.371 e. The highest BCUT2D eigenvalue weighted by atomic mass is 32.2. The summed E-state index contributed by atoms with van der Waals surface area (Å²) in [5.74, 6) is -0.106. The Labute approximate surface area is 176 Å². The van der Waals surface area contributed by atoms with Gasteiger partial charge < -0.3 is 20.9 Å². The van der Waals surface area contributed by atoms with Crippen molar-refractivity contribution in [1.82, 2.24) is 5.32 Å². The molecule has 1 heterocycles. The molecule has 1 aliphatic rings. The molecule has 0 radical (unpaired) electrons. The van der Waals surface area contributed by atoms with Gasteiger partial charge in [-0.2, -0.15) is 0 Å². The smallest absolute Gasteiger partial charge is 0.323 e. The van der Waals surface area contributed by atoms with Crippen molar-refractivity contribution >= 4 is 40.8 Å². The predicted molar refractivity (Wildman–Crippen MR) is 121 cm³/mol. The van der Waals surface area contributed by atoms with Gasteiger partial charge in [-0.1, -0.05) is 6.92 Å². The molecule has 3 amide bonds. The Morgan fingerprint density at radius 1 is 1.00 bits per heavy atom. The van der Waals surface area contributed by atoms with Crippen LogP contribution in [0, 0.1) is 0 Å². The molecule has 7 heteroatoms. The Morgan fingerprint density at radius 3 is 2.31 bits per heavy atom. The van der Waals surface area contributed by atoms with Gasteiger partial charge in [0.1, 0.15) is 0 Å². The zero-order valence-corrected chi connectivity index (χ0v) is 17.8. The maximum atomic E-state index is 12.7. The van der Waals surface area contributed by atoms with Gasteiger partial charge in [0.05, 0.1) is 5.56 Å². The van der Waals surface area contributed by atoms with Crippen LogP contribution >= 0.6 is 11.8 Å². The van der Waals surface area contributed by atoms with Crippen LogP contribution in [-0.2, 0) is 0 Å². The Kier molecular flexibility index (Phi) is 7.41. The second kappa shape index (κ2) is 10.2. The Hall–Kier alpha value is -2.67. The first-order chi connectivity index (χ1) is 14.1. The number of urea groups is 1. The first-order valence-corrected chi connectivity index (χ1v) is 11.2. The third-order valence-electron chi connectivity index (χ3n) is 4.83. The monoisotopic (exact) mass is 412 g/mol. The Morgan fingerprint density at radius 2 is 1.66 bits per heavy atom. The van der Waals surface area contributed by atoms with E-state index >= 15 is 0 Å². The molecule has 2 aromatic rings. The fourth-order valence-corrected chi connectivity index (χ4v) is 3.74. The zero-order valence-electron chi connectivity index (χ0n) is 17.0. The van der Waals surface area contributed by atoms with Gasteiger partial charge in [0, 0.05) is 41.6 Å². The van der Waals surface area contributed by atoms with Crippen LogP contribution in [0.4, 0.5) is 21.9 Å². The van der Waals surface area contributed by atoms with E-state index in [0.29, 0.717) is 17.8 Å². The number of carbonyl (C=O) groups is 2. The number of benzene rings is 2. The standard InChI is InChI=1S/C22H28N4O2S/c1-3-12-23-21(27)19-15-17(8-11-20(19)26-13-4-5-14-26)25-22(28)24-16-6-9-18(29-2)10-7-16/h6-11,15H,3-5,12-14H2,1-2H3,(H,23,27)(H2,24,25,28). The van der Waals surface area contributed by atoms with Gasteiger partial charge >= 0.3 is 6.03 Å². The molecule has 1 saturated heterocycles. The van der Waals surface area contributed by atoms with Gasteiger partial charge in [-0.25, -0.2) is 4.79 Å². The molecular formula is C22H28N4O2S. The van der Waals surface area contributed by atoms with Crippen LogP contribution in [0.25, 0.3) is 0 Å². The summed E-state index contributed by atoms with van der Waals surface area (Å²) in [7, 11) is 0. The average Bonchev–Trinajstić information content (AvgIpc) is 3.27. The van der Waals surface area contributed by atoms with E-state index in [-0.39, 0.29) is 11.9 Å². The Balaban J connectivity index is 1.73. The van der Waals surface area contributed by atoms with Gasteiger partial charge in [0.15, 0.2) is 0 Å². The number of anilines is 3. The van der Waals surface area contributed by atoms with Gasteiger partial charge in [-0.05, 0) is 68.0 Å². The van der Waals surface area contributed by atoms with E-state index in [2.05, 4.69) is 20.9 Å². The predicted octanol–water partition coefficient (Wildman–Crippen LogP) is 4.79. The van der Waals surface area contributed by atoms with E-state index in [1.807, 2.05) is 49.6 Å². The molecule has 1 aliphatic heterocycles. The maximum Gasteiger partial charge on any atom is 0.323 e. The van der Waals surface area contributed by atoms with E-state index in [1.54, 1.807) is 17.8 Å². The number of rotatable bonds is 7. The third-order valence-corrected chi connectivity index (χ3v) is 5.57. The van der Waals surface area contributed by atoms with Crippen LogP contribution in [0.3, 0.4) is 0 Å². The summed E-state index contributed by atoms with van der Waals surface area (Å²) in [6.45, 7) is 4.55. The second-order valence-electron chi connectivity index (χ2n) is 6.99. The molecule has 0 atom stereocenters. The number of nitrogens with one attached hydrogen (secondary N) is 3. The fraction of sp³-hybridized carbons (Fsp3) is 0.364. The average molecular weight is 413 g/mol. The van der Waals surface area contributed by atoms with E-state index < -0.39 is 0 Å². The molecule has 1 fully saturated rings. The van der Waals surface area contributed by atoms with Crippen LogP contribution in [0.1, 0.15) is 36.5 Å². The first kappa shape index (κ1) is 21.0. The third kappa shape index (κ3) is 5.67. The van der Waals surface area contributed by atoms with Gasteiger partial charge in [-0.15, -0.1) is 11.8 Å². The summed E-state index contributed by atoms with van der Waals surface area (Å²) in [6, 6.07) is 12.8. The molecule has 0 spiro atoms. The molecular weight excluding hydrogens is 384 g/mol. The molecule has 0 bridgehead atoms. The van der Waals surface area contributed by atoms with Crippen molar-refractivity contribution in [3.8, 4) is 0 Å². The minimum absolute atomic E-state index is 0.106. The Bertz CT molecular complexity index is 848. The zero-order chi connectivity index (χ0) is 20.6. The number of amides is 3. The van der Waals surface area contributed by atoms with E-state index in [4.69, 9.17) is 0 Å². The van der Waals surface area contributed by atoms with Gasteiger partial charge in [0.25, 0.3) is 5.91 Å². The summed E-state index contributed by atoms with van der Waals surface area (Å²) in [6.07, 6.45) is 5.15. The molecule has 0 aromatic heterocycles. The molecule has 29 heavy (non-hydrogen) atoms. The molecule has 3 rings (SSSR count). The highest BCUT2D eigenvalue weighted by Gasteiger charge is 2.20. The van der Waals surface area contributed by atoms with Crippen molar-refractivity contribution in [1.29, 1.82) is 0 Å². The summed E-state index contributed by atoms with van der Waals surface area (Å²) in [5.41, 5.74) is 2.83. The van der Waals surface area contributed by atoms with E-state index in [9.17, 15) is 9.59 Å². The number of carbonyl (C=O) groups excluding carboxylic acids is 2. The molecule has 0 aliphatic carbocycles. The first-order valence-electron chi connectivity index (χ1n) is 10.00. The summed E-state index contributed by atoms with van der Waals surface area (Å²) in [5, 5.41) is 8.61. The lowest BCUT2D eigenvalue weighted by Crippen LogP contribution is -2.28. The van der Waals surface area contributed by atoms with Crippen molar-refractivity contribution in [2.24, 2.45) is 0 Å². The van der Waals surface area contributed by atoms with Crippen LogP contribution in [0.2, 0.25) is 0 Å². The van der Waals surface area contributed by atoms with E-state index in [0.717, 1.165) is 48.6 Å². The van der Waals surface area contributed by atoms with Crippen LogP contribution < -0.4 is 20.9 Å². The van der Waals surface area contributed by atoms with Crippen molar-refractivity contribution in [2.45, 2.75) is 31.1 Å². The van der Waals surface area contributed by atoms with Crippen LogP contribution in [0.5, 0.6) is 0 Å². The van der Waals surface area contributed by atoms with Crippen molar-refractivity contribution in [2.75, 3.05) is 41.4 Å². The van der Waals surface area contributed by atoms with Gasteiger partial charge in [-0.3, -0.25) is 4.79 Å². The minimum atomic E-state index is -0.337. The highest BCUT2D eigenvalue weighted by Crippen LogP contribution is 2.28. The van der Waals surface area contributed by atoms with Crippen LogP contribution in [0.15, 0.2) is 47.4 Å². The lowest BCUT2D eigenvalue weighted by molar-refractivity contribution is 0.0954. The number of thioether (sulfide) groups is 1. The minimum Gasteiger partial charge on any atom is -0.371 e. The number of nitrogens with zero attached hydrogens (tertiary/aromatic N) is 1. The van der Waals surface area contributed by atoms with Crippen molar-refractivity contribution in [3.63, 3.8) is 0 Å². The fourth-order valence-electron chi connectivity index (χ4n) is 3.33. The molecule has 154 valence electrons.